The Balaban J connectivity index is 1.59. The molecule has 0 aliphatic heterocycles. The third-order valence-electron chi connectivity index (χ3n) is 5.16. The van der Waals surface area contributed by atoms with Gasteiger partial charge in [0.1, 0.15) is 11.3 Å². The quantitative estimate of drug-likeness (QED) is 0.382. The first-order chi connectivity index (χ1) is 13.9. The van der Waals surface area contributed by atoms with Crippen LogP contribution in [-0.2, 0) is 0 Å². The molecule has 0 fully saturated rings. The molecule has 28 heavy (non-hydrogen) atoms. The Kier molecular flexibility index (Phi) is 3.14. The van der Waals surface area contributed by atoms with Gasteiger partial charge in [-0.05, 0) is 34.5 Å². The van der Waals surface area contributed by atoms with Gasteiger partial charge in [-0.25, -0.2) is 9.50 Å². The Hall–Kier alpha value is -3.92. The van der Waals surface area contributed by atoms with E-state index in [-0.39, 0.29) is 0 Å². The van der Waals surface area contributed by atoms with Gasteiger partial charge in [-0.15, -0.1) is 0 Å². The van der Waals surface area contributed by atoms with E-state index in [1.165, 1.54) is 10.8 Å². The smallest absolute Gasteiger partial charge is 0.163 e. The molecule has 0 atom stereocenters. The summed E-state index contributed by atoms with van der Waals surface area (Å²) in [5.74, 6) is 0.779. The summed E-state index contributed by atoms with van der Waals surface area (Å²) < 4.78 is 8.05. The van der Waals surface area contributed by atoms with E-state index < -0.39 is 0 Å². The minimum atomic E-state index is 0.779. The maximum Gasteiger partial charge on any atom is 0.163 e. The fourth-order valence-electron chi connectivity index (χ4n) is 3.82. The first-order valence-corrected chi connectivity index (χ1v) is 9.18. The van der Waals surface area contributed by atoms with Gasteiger partial charge in [-0.1, -0.05) is 60.7 Å². The van der Waals surface area contributed by atoms with E-state index in [0.717, 1.165) is 39.2 Å². The van der Waals surface area contributed by atoms with Crippen LogP contribution in [0.15, 0.2) is 95.7 Å². The number of fused-ring (bicyclic) bond motifs is 4. The van der Waals surface area contributed by atoms with Crippen LogP contribution in [0.3, 0.4) is 0 Å². The molecule has 4 heteroatoms. The van der Waals surface area contributed by atoms with Gasteiger partial charge in [-0.3, -0.25) is 0 Å². The second-order valence-corrected chi connectivity index (χ2v) is 6.80. The van der Waals surface area contributed by atoms with E-state index in [1.807, 2.05) is 47.2 Å². The maximum atomic E-state index is 6.20. The summed E-state index contributed by atoms with van der Waals surface area (Å²) in [5, 5.41) is 8.09. The summed E-state index contributed by atoms with van der Waals surface area (Å²) >= 11 is 0. The van der Waals surface area contributed by atoms with E-state index in [2.05, 4.69) is 58.6 Å². The molecule has 0 spiro atoms. The van der Waals surface area contributed by atoms with Crippen molar-refractivity contribution in [1.29, 1.82) is 0 Å². The lowest BCUT2D eigenvalue weighted by molar-refractivity contribution is 0.625. The van der Waals surface area contributed by atoms with Crippen molar-refractivity contribution < 1.29 is 4.42 Å². The molecule has 6 aromatic rings. The van der Waals surface area contributed by atoms with Crippen LogP contribution in [0.5, 0.6) is 0 Å². The highest BCUT2D eigenvalue weighted by molar-refractivity contribution is 6.06. The Labute approximate surface area is 160 Å². The number of benzene rings is 3. The van der Waals surface area contributed by atoms with Gasteiger partial charge in [0.15, 0.2) is 11.4 Å². The van der Waals surface area contributed by atoms with Crippen LogP contribution in [0.4, 0.5) is 0 Å². The lowest BCUT2D eigenvalue weighted by Gasteiger charge is -2.02. The van der Waals surface area contributed by atoms with E-state index >= 15 is 0 Å². The molecule has 0 aliphatic rings. The third-order valence-corrected chi connectivity index (χ3v) is 5.16. The molecule has 3 aromatic carbocycles. The summed E-state index contributed by atoms with van der Waals surface area (Å²) in [6.07, 6.45) is 3.67. The maximum absolute atomic E-state index is 6.20. The Bertz CT molecular complexity index is 1460. The minimum absolute atomic E-state index is 0.779. The summed E-state index contributed by atoms with van der Waals surface area (Å²) in [6.45, 7) is 0. The molecule has 0 amide bonds. The van der Waals surface area contributed by atoms with Gasteiger partial charge in [0, 0.05) is 17.1 Å². The van der Waals surface area contributed by atoms with Gasteiger partial charge in [0.25, 0.3) is 0 Å². The predicted molar refractivity (Wildman–Crippen MR) is 111 cm³/mol. The van der Waals surface area contributed by atoms with Gasteiger partial charge in [-0.2, -0.15) is 5.10 Å². The molecule has 0 saturated heterocycles. The average molecular weight is 361 g/mol. The summed E-state index contributed by atoms with van der Waals surface area (Å²) in [6, 6.07) is 26.7. The fraction of sp³-hybridized carbons (Fsp3) is 0. The average Bonchev–Trinajstić information content (AvgIpc) is 3.39. The fourth-order valence-corrected chi connectivity index (χ4v) is 3.82. The number of hydrogen-bond donors (Lipinski definition) is 0. The van der Waals surface area contributed by atoms with Crippen molar-refractivity contribution in [2.75, 3.05) is 0 Å². The van der Waals surface area contributed by atoms with Crippen molar-refractivity contribution in [1.82, 2.24) is 14.6 Å². The SMILES string of the molecule is c1ccc(-c2cnn3c(-c4cc5c(ccc6ccccc65)o4)ccnc23)cc1. The summed E-state index contributed by atoms with van der Waals surface area (Å²) in [5.41, 5.74) is 4.66. The Morgan fingerprint density at radius 2 is 1.64 bits per heavy atom. The van der Waals surface area contributed by atoms with Crippen molar-refractivity contribution in [3.05, 3.63) is 91.3 Å². The van der Waals surface area contributed by atoms with Crippen molar-refractivity contribution in [2.45, 2.75) is 0 Å². The highest BCUT2D eigenvalue weighted by Gasteiger charge is 2.15. The molecule has 6 rings (SSSR count). The van der Waals surface area contributed by atoms with Gasteiger partial charge >= 0.3 is 0 Å². The number of hydrogen-bond acceptors (Lipinski definition) is 3. The van der Waals surface area contributed by atoms with Gasteiger partial charge < -0.3 is 4.42 Å². The molecule has 132 valence electrons. The Morgan fingerprint density at radius 1 is 0.786 bits per heavy atom. The highest BCUT2D eigenvalue weighted by atomic mass is 16.3. The molecule has 0 N–H and O–H groups in total. The van der Waals surface area contributed by atoms with Crippen LogP contribution in [0.1, 0.15) is 0 Å². The molecule has 3 aromatic heterocycles. The van der Waals surface area contributed by atoms with Crippen molar-refractivity contribution in [3.8, 4) is 22.6 Å². The Morgan fingerprint density at radius 3 is 2.57 bits per heavy atom. The van der Waals surface area contributed by atoms with E-state index in [9.17, 15) is 0 Å². The van der Waals surface area contributed by atoms with Crippen LogP contribution in [0, 0.1) is 0 Å². The van der Waals surface area contributed by atoms with E-state index in [1.54, 1.807) is 0 Å². The van der Waals surface area contributed by atoms with Crippen LogP contribution < -0.4 is 0 Å². The number of nitrogens with zero attached hydrogens (tertiary/aromatic N) is 3. The molecule has 0 radical (unpaired) electrons. The van der Waals surface area contributed by atoms with E-state index in [4.69, 9.17) is 4.42 Å². The third kappa shape index (κ3) is 2.18. The molecule has 4 nitrogen and oxygen atoms in total. The standard InChI is InChI=1S/C24H15N3O/c1-2-6-16(7-3-1)20-15-26-27-21(12-13-25-24(20)27)23-14-19-18-9-5-4-8-17(18)10-11-22(19)28-23/h1-15H. The number of rotatable bonds is 2. The normalized spacial score (nSPS) is 11.6. The first kappa shape index (κ1) is 15.2. The van der Waals surface area contributed by atoms with Gasteiger partial charge in [0.2, 0.25) is 0 Å². The molecule has 0 unspecified atom stereocenters. The van der Waals surface area contributed by atoms with Crippen LogP contribution >= 0.6 is 0 Å². The summed E-state index contributed by atoms with van der Waals surface area (Å²) in [7, 11) is 0. The van der Waals surface area contributed by atoms with Gasteiger partial charge in [0.05, 0.1) is 6.20 Å². The second kappa shape index (κ2) is 5.79. The predicted octanol–water partition coefficient (Wildman–Crippen LogP) is 5.96. The minimum Gasteiger partial charge on any atom is -0.454 e. The summed E-state index contributed by atoms with van der Waals surface area (Å²) in [4.78, 5) is 4.57. The van der Waals surface area contributed by atoms with Crippen molar-refractivity contribution in [3.63, 3.8) is 0 Å². The molecular weight excluding hydrogens is 346 g/mol. The second-order valence-electron chi connectivity index (χ2n) is 6.80. The lowest BCUT2D eigenvalue weighted by atomic mass is 10.1. The molecular formula is C24H15N3O. The molecule has 3 heterocycles. The monoisotopic (exact) mass is 361 g/mol. The zero-order chi connectivity index (χ0) is 18.5. The largest absolute Gasteiger partial charge is 0.454 e. The van der Waals surface area contributed by atoms with Crippen LogP contribution in [-0.4, -0.2) is 14.6 Å². The zero-order valence-electron chi connectivity index (χ0n) is 14.9. The molecule has 0 bridgehead atoms. The molecule has 0 aliphatic carbocycles. The first-order valence-electron chi connectivity index (χ1n) is 9.18. The zero-order valence-corrected chi connectivity index (χ0v) is 14.9. The topological polar surface area (TPSA) is 43.3 Å². The van der Waals surface area contributed by atoms with Crippen molar-refractivity contribution >= 4 is 27.4 Å². The number of furan rings is 1. The molecule has 0 saturated carbocycles. The van der Waals surface area contributed by atoms with Crippen LogP contribution in [0.25, 0.3) is 50.0 Å². The lowest BCUT2D eigenvalue weighted by Crippen LogP contribution is -1.94. The van der Waals surface area contributed by atoms with E-state index in [0.29, 0.717) is 0 Å². The number of aromatic nitrogens is 3. The van der Waals surface area contributed by atoms with Crippen molar-refractivity contribution in [2.24, 2.45) is 0 Å². The van der Waals surface area contributed by atoms with Crippen LogP contribution in [0.2, 0.25) is 0 Å². The highest BCUT2D eigenvalue weighted by Crippen LogP contribution is 2.33.